The summed E-state index contributed by atoms with van der Waals surface area (Å²) in [4.78, 5) is 0. The van der Waals surface area contributed by atoms with Crippen molar-refractivity contribution in [1.29, 1.82) is 0 Å². The van der Waals surface area contributed by atoms with Crippen LogP contribution in [-0.4, -0.2) is 63.9 Å². The maximum atomic E-state index is 9.83. The quantitative estimate of drug-likeness (QED) is 0.439. The Morgan fingerprint density at radius 1 is 1.11 bits per heavy atom. The molecule has 0 aliphatic carbocycles. The van der Waals surface area contributed by atoms with Crippen LogP contribution in [0.5, 0.6) is 0 Å². The standard InChI is InChI=1S/C2H7AsO2.Na.3H2O/c1-3(2,4)5;;;;/h1-2H3,(H,4,5);;3*1H2. The van der Waals surface area contributed by atoms with E-state index in [2.05, 4.69) is 0 Å². The Labute approximate surface area is 78.7 Å². The maximum absolute atomic E-state index is 9.83. The zero-order chi connectivity index (χ0) is 4.50. The molecular weight excluding hydrogens is 202 g/mol. The summed E-state index contributed by atoms with van der Waals surface area (Å²) in [6.07, 6.45) is 0. The van der Waals surface area contributed by atoms with Crippen LogP contribution in [0.4, 0.5) is 0 Å². The van der Waals surface area contributed by atoms with Crippen LogP contribution in [0.3, 0.4) is 0 Å². The molecule has 0 aliphatic heterocycles. The third-order valence-electron chi connectivity index (χ3n) is 0. The third-order valence-corrected chi connectivity index (χ3v) is 0. The van der Waals surface area contributed by atoms with Crippen LogP contribution in [0, 0.1) is 0 Å². The molecule has 7 heteroatoms. The Hall–Kier alpha value is 1.20. The Bertz CT molecular complexity index is 61.1. The molecule has 0 aromatic heterocycles. The van der Waals surface area contributed by atoms with Gasteiger partial charge >= 0.3 is 33.1 Å². The minimum absolute atomic E-state index is 0. The van der Waals surface area contributed by atoms with E-state index in [-0.39, 0.29) is 46.0 Å². The fourth-order valence-corrected chi connectivity index (χ4v) is 0. The molecule has 0 atom stereocenters. The van der Waals surface area contributed by atoms with Crippen molar-refractivity contribution >= 4 is 43.4 Å². The monoisotopic (exact) mass is 215 g/mol. The van der Waals surface area contributed by atoms with Gasteiger partial charge in [-0.1, -0.05) is 0 Å². The first-order chi connectivity index (χ1) is 2.00. The van der Waals surface area contributed by atoms with Crippen molar-refractivity contribution in [1.82, 2.24) is 0 Å². The normalized spacial score (nSPS) is 6.56. The van der Waals surface area contributed by atoms with Gasteiger partial charge in [0, 0.05) is 29.6 Å². The zero-order valence-corrected chi connectivity index (χ0v) is 9.68. The molecule has 0 bridgehead atoms. The van der Waals surface area contributed by atoms with Crippen LogP contribution in [0.2, 0.25) is 11.4 Å². The first-order valence-electron chi connectivity index (χ1n) is 1.28. The van der Waals surface area contributed by atoms with E-state index in [0.717, 1.165) is 0 Å². The summed E-state index contributed by atoms with van der Waals surface area (Å²) in [5.41, 5.74) is 2.72. The number of hydrogen-bond acceptors (Lipinski definition) is 1. The van der Waals surface area contributed by atoms with Gasteiger partial charge in [-0.25, -0.2) is 0 Å². The average Bonchev–Trinajstić information content (AvgIpc) is 0.722. The molecule has 0 spiro atoms. The molecule has 0 fully saturated rings. The molecule has 0 aromatic carbocycles. The first-order valence-corrected chi connectivity index (χ1v) is 6.64. The van der Waals surface area contributed by atoms with Crippen molar-refractivity contribution in [3.63, 3.8) is 0 Å². The summed E-state index contributed by atoms with van der Waals surface area (Å²) in [5.74, 6) is 0. The summed E-state index contributed by atoms with van der Waals surface area (Å²) in [6, 6.07) is 0. The maximum Gasteiger partial charge on any atom is 0 e. The molecule has 7 N–H and O–H groups in total. The minimum Gasteiger partial charge on any atom is -0.412 e. The number of hydrogen-bond donors (Lipinski definition) is 1. The summed E-state index contributed by atoms with van der Waals surface area (Å²) in [6.45, 7) is 0. The second kappa shape index (κ2) is 11.9. The molecule has 0 saturated carbocycles. The van der Waals surface area contributed by atoms with Gasteiger partial charge in [0.25, 0.3) is 0 Å². The fraction of sp³-hybridized carbons (Fsp3) is 1.00. The SMILES string of the molecule is C[As](C)(=O)O.O.O.O.[Na]. The van der Waals surface area contributed by atoms with Gasteiger partial charge in [-0.05, 0) is 0 Å². The van der Waals surface area contributed by atoms with Crippen LogP contribution in [0.15, 0.2) is 0 Å². The van der Waals surface area contributed by atoms with Gasteiger partial charge in [-0.3, -0.25) is 0 Å². The van der Waals surface area contributed by atoms with Gasteiger partial charge in [-0.2, -0.15) is 0 Å². The van der Waals surface area contributed by atoms with E-state index >= 15 is 0 Å². The van der Waals surface area contributed by atoms with E-state index in [4.69, 9.17) is 4.10 Å². The molecule has 0 heterocycles. The Kier molecular flexibility index (Phi) is 42.3. The van der Waals surface area contributed by atoms with Crippen molar-refractivity contribution < 1.29 is 24.3 Å². The molecule has 0 amide bonds. The van der Waals surface area contributed by atoms with Crippen LogP contribution in [-0.2, 0) is 3.74 Å². The molecule has 0 rings (SSSR count). The summed E-state index contributed by atoms with van der Waals surface area (Å²) in [7, 11) is 0. The van der Waals surface area contributed by atoms with E-state index in [1.807, 2.05) is 0 Å². The van der Waals surface area contributed by atoms with Gasteiger partial charge < -0.3 is 16.4 Å². The fourth-order valence-electron chi connectivity index (χ4n) is 0. The van der Waals surface area contributed by atoms with E-state index in [1.165, 1.54) is 11.4 Å². The molecule has 0 aliphatic rings. The van der Waals surface area contributed by atoms with Crippen LogP contribution in [0.1, 0.15) is 0 Å². The third kappa shape index (κ3) is 332. The predicted octanol–water partition coefficient (Wildman–Crippen LogP) is -2.74. The minimum atomic E-state index is -3.12. The Balaban J connectivity index is -0.0000000133. The largest absolute Gasteiger partial charge is 0.412 e. The molecule has 9 heavy (non-hydrogen) atoms. The zero-order valence-electron chi connectivity index (χ0n) is 5.80. The summed E-state index contributed by atoms with van der Waals surface area (Å²) in [5, 5.41) is 0. The van der Waals surface area contributed by atoms with Crippen molar-refractivity contribution in [2.45, 2.75) is 11.4 Å². The second-order valence-electron chi connectivity index (χ2n) is 1.29. The Morgan fingerprint density at radius 3 is 1.11 bits per heavy atom. The Morgan fingerprint density at radius 2 is 1.11 bits per heavy atom. The van der Waals surface area contributed by atoms with Gasteiger partial charge in [-0.15, -0.1) is 0 Å². The van der Waals surface area contributed by atoms with Crippen LogP contribution in [0.25, 0.3) is 0 Å². The topological polar surface area (TPSA) is 132 Å². The summed E-state index contributed by atoms with van der Waals surface area (Å²) >= 11 is -3.12. The molecular formula is C2H13AsNaO5. The number of rotatable bonds is 0. The van der Waals surface area contributed by atoms with Crippen molar-refractivity contribution in [3.8, 4) is 0 Å². The van der Waals surface area contributed by atoms with Gasteiger partial charge in [0.2, 0.25) is 0 Å². The first kappa shape index (κ1) is 31.9. The van der Waals surface area contributed by atoms with E-state index in [1.54, 1.807) is 0 Å². The van der Waals surface area contributed by atoms with Crippen LogP contribution < -0.4 is 0 Å². The molecule has 0 aromatic rings. The molecule has 5 nitrogen and oxygen atoms in total. The van der Waals surface area contributed by atoms with Crippen molar-refractivity contribution in [2.75, 3.05) is 0 Å². The van der Waals surface area contributed by atoms with E-state index < -0.39 is 13.8 Å². The van der Waals surface area contributed by atoms with Crippen LogP contribution >= 0.6 is 0 Å². The summed E-state index contributed by atoms with van der Waals surface area (Å²) < 4.78 is 18.0. The predicted molar refractivity (Wildman–Crippen MR) is 37.0 cm³/mol. The smallest absolute Gasteiger partial charge is 0 e. The van der Waals surface area contributed by atoms with Gasteiger partial charge in [0.05, 0.1) is 0 Å². The average molecular weight is 215 g/mol. The molecule has 0 unspecified atom stereocenters. The van der Waals surface area contributed by atoms with E-state index in [0.29, 0.717) is 0 Å². The van der Waals surface area contributed by atoms with Crippen molar-refractivity contribution in [2.24, 2.45) is 0 Å². The second-order valence-corrected chi connectivity index (χ2v) is 6.72. The van der Waals surface area contributed by atoms with Crippen molar-refractivity contribution in [3.05, 3.63) is 0 Å². The molecule has 0 saturated heterocycles. The van der Waals surface area contributed by atoms with Gasteiger partial charge in [0.1, 0.15) is 0 Å². The van der Waals surface area contributed by atoms with Gasteiger partial charge in [0.15, 0.2) is 0 Å². The molecule has 1 radical (unpaired) electrons. The van der Waals surface area contributed by atoms with E-state index in [9.17, 15) is 3.74 Å². The molecule has 57 valence electrons.